The summed E-state index contributed by atoms with van der Waals surface area (Å²) in [5.74, 6) is 0. The van der Waals surface area contributed by atoms with Crippen LogP contribution in [0.4, 0.5) is 0 Å². The molecule has 1 heterocycles. The van der Waals surface area contributed by atoms with Gasteiger partial charge in [-0.05, 0) is 30.8 Å². The van der Waals surface area contributed by atoms with Crippen molar-refractivity contribution in [1.82, 2.24) is 14.5 Å². The van der Waals surface area contributed by atoms with Crippen LogP contribution in [-0.2, 0) is 10.0 Å². The Balaban J connectivity index is 2.09. The average Bonchev–Trinajstić information content (AvgIpc) is 2.52. The molecule has 1 aromatic rings. The molecular formula is C14H19Cl2N3O2S2. The Hall–Kier alpha value is -0.600. The van der Waals surface area contributed by atoms with Crippen molar-refractivity contribution < 1.29 is 8.42 Å². The summed E-state index contributed by atoms with van der Waals surface area (Å²) >= 11 is 17.4. The molecule has 128 valence electrons. The van der Waals surface area contributed by atoms with Crippen molar-refractivity contribution in [2.24, 2.45) is 0 Å². The summed E-state index contributed by atoms with van der Waals surface area (Å²) in [5, 5.41) is 4.10. The van der Waals surface area contributed by atoms with Gasteiger partial charge in [0, 0.05) is 32.7 Å². The zero-order valence-corrected chi connectivity index (χ0v) is 15.9. The van der Waals surface area contributed by atoms with Crippen LogP contribution in [-0.4, -0.2) is 55.5 Å². The molecule has 0 atom stereocenters. The van der Waals surface area contributed by atoms with E-state index in [0.717, 1.165) is 13.0 Å². The Morgan fingerprint density at radius 1 is 1.22 bits per heavy atom. The van der Waals surface area contributed by atoms with Crippen LogP contribution in [0.1, 0.15) is 13.3 Å². The van der Waals surface area contributed by atoms with Crippen molar-refractivity contribution in [2.75, 3.05) is 32.7 Å². The molecule has 5 nitrogen and oxygen atoms in total. The van der Waals surface area contributed by atoms with Gasteiger partial charge < -0.3 is 10.2 Å². The molecule has 0 saturated carbocycles. The van der Waals surface area contributed by atoms with Gasteiger partial charge in [-0.15, -0.1) is 0 Å². The Morgan fingerprint density at radius 3 is 2.30 bits per heavy atom. The average molecular weight is 396 g/mol. The van der Waals surface area contributed by atoms with E-state index < -0.39 is 10.0 Å². The summed E-state index contributed by atoms with van der Waals surface area (Å²) in [6.45, 7) is 4.64. The number of hydrogen-bond donors (Lipinski definition) is 1. The van der Waals surface area contributed by atoms with Crippen LogP contribution in [0, 0.1) is 0 Å². The molecule has 2 rings (SSSR count). The molecule has 0 unspecified atom stereocenters. The lowest BCUT2D eigenvalue weighted by Gasteiger charge is -2.35. The molecule has 0 radical (unpaired) electrons. The Kier molecular flexibility index (Phi) is 6.50. The fraction of sp³-hybridized carbons (Fsp3) is 0.500. The molecule has 0 bridgehead atoms. The fourth-order valence-corrected chi connectivity index (χ4v) is 5.13. The summed E-state index contributed by atoms with van der Waals surface area (Å²) in [4.78, 5) is 1.95. The highest BCUT2D eigenvalue weighted by atomic mass is 35.5. The summed E-state index contributed by atoms with van der Waals surface area (Å²) in [5.41, 5.74) is 0. The van der Waals surface area contributed by atoms with Gasteiger partial charge in [0.2, 0.25) is 10.0 Å². The van der Waals surface area contributed by atoms with Crippen LogP contribution < -0.4 is 5.32 Å². The third kappa shape index (κ3) is 4.28. The first kappa shape index (κ1) is 18.7. The number of hydrogen-bond acceptors (Lipinski definition) is 3. The van der Waals surface area contributed by atoms with E-state index in [-0.39, 0.29) is 14.9 Å². The first-order chi connectivity index (χ1) is 10.9. The molecule has 0 spiro atoms. The molecule has 1 aromatic carbocycles. The van der Waals surface area contributed by atoms with E-state index in [1.165, 1.54) is 16.4 Å². The predicted molar refractivity (Wildman–Crippen MR) is 97.7 cm³/mol. The summed E-state index contributed by atoms with van der Waals surface area (Å²) in [6, 6.07) is 4.68. The normalized spacial score (nSPS) is 16.4. The van der Waals surface area contributed by atoms with E-state index in [2.05, 4.69) is 12.2 Å². The van der Waals surface area contributed by atoms with Crippen LogP contribution in [0.15, 0.2) is 23.1 Å². The molecule has 0 aliphatic carbocycles. The number of thiocarbonyl (C=S) groups is 1. The first-order valence-corrected chi connectivity index (χ1v) is 9.95. The Bertz CT molecular complexity index is 654. The second-order valence-electron chi connectivity index (χ2n) is 5.17. The zero-order valence-electron chi connectivity index (χ0n) is 12.8. The lowest BCUT2D eigenvalue weighted by Crippen LogP contribution is -2.53. The number of nitrogens with one attached hydrogen (secondary N) is 1. The first-order valence-electron chi connectivity index (χ1n) is 7.35. The smallest absolute Gasteiger partial charge is 0.246 e. The highest BCUT2D eigenvalue weighted by Gasteiger charge is 2.32. The molecule has 1 aliphatic heterocycles. The minimum Gasteiger partial charge on any atom is -0.363 e. The summed E-state index contributed by atoms with van der Waals surface area (Å²) in [6.07, 6.45) is 0.986. The number of halogens is 2. The Morgan fingerprint density at radius 2 is 1.78 bits per heavy atom. The van der Waals surface area contributed by atoms with Crippen LogP contribution >= 0.6 is 35.4 Å². The number of piperazine rings is 1. The SMILES string of the molecule is CCCNC(=S)N1CCN(S(=O)(=O)c2c(Cl)cccc2Cl)CC1. The van der Waals surface area contributed by atoms with Crippen molar-refractivity contribution in [2.45, 2.75) is 18.2 Å². The van der Waals surface area contributed by atoms with Gasteiger partial charge in [-0.2, -0.15) is 4.31 Å². The van der Waals surface area contributed by atoms with Gasteiger partial charge in [0.05, 0.1) is 10.0 Å². The maximum atomic E-state index is 12.8. The predicted octanol–water partition coefficient (Wildman–Crippen LogP) is 2.58. The monoisotopic (exact) mass is 395 g/mol. The Labute approximate surface area is 152 Å². The standard InChI is InChI=1S/C14H19Cl2N3O2S2/c1-2-6-17-14(22)18-7-9-19(10-8-18)23(20,21)13-11(15)4-3-5-12(13)16/h3-5H,2,6-10H2,1H3,(H,17,22). The fourth-order valence-electron chi connectivity index (χ4n) is 2.33. The molecule has 9 heteroatoms. The number of sulfonamides is 1. The second kappa shape index (κ2) is 7.98. The minimum atomic E-state index is -3.71. The van der Waals surface area contributed by atoms with Crippen molar-refractivity contribution in [3.05, 3.63) is 28.2 Å². The lowest BCUT2D eigenvalue weighted by molar-refractivity contribution is 0.264. The van der Waals surface area contributed by atoms with E-state index in [4.69, 9.17) is 35.4 Å². The van der Waals surface area contributed by atoms with E-state index in [0.29, 0.717) is 31.3 Å². The summed E-state index contributed by atoms with van der Waals surface area (Å²) in [7, 11) is -3.71. The van der Waals surface area contributed by atoms with Crippen LogP contribution in [0.25, 0.3) is 0 Å². The van der Waals surface area contributed by atoms with E-state index >= 15 is 0 Å². The second-order valence-corrected chi connectivity index (χ2v) is 8.25. The molecular weight excluding hydrogens is 377 g/mol. The van der Waals surface area contributed by atoms with Gasteiger partial charge in [0.1, 0.15) is 4.90 Å². The number of nitrogens with zero attached hydrogens (tertiary/aromatic N) is 2. The highest BCUT2D eigenvalue weighted by Crippen LogP contribution is 2.31. The van der Waals surface area contributed by atoms with Gasteiger partial charge >= 0.3 is 0 Å². The molecule has 23 heavy (non-hydrogen) atoms. The maximum Gasteiger partial charge on any atom is 0.246 e. The van der Waals surface area contributed by atoms with Crippen LogP contribution in [0.2, 0.25) is 10.0 Å². The van der Waals surface area contributed by atoms with Gasteiger partial charge in [0.25, 0.3) is 0 Å². The zero-order chi connectivity index (χ0) is 17.0. The van der Waals surface area contributed by atoms with Crippen molar-refractivity contribution in [1.29, 1.82) is 0 Å². The molecule has 1 N–H and O–H groups in total. The van der Waals surface area contributed by atoms with Crippen LogP contribution in [0.3, 0.4) is 0 Å². The quantitative estimate of drug-likeness (QED) is 0.793. The third-order valence-corrected chi connectivity index (χ3v) is 6.83. The van der Waals surface area contributed by atoms with Gasteiger partial charge in [-0.1, -0.05) is 36.2 Å². The molecule has 0 amide bonds. The topological polar surface area (TPSA) is 52.6 Å². The number of rotatable bonds is 4. The van der Waals surface area contributed by atoms with Crippen LogP contribution in [0.5, 0.6) is 0 Å². The van der Waals surface area contributed by atoms with E-state index in [1.54, 1.807) is 6.07 Å². The molecule has 1 fully saturated rings. The lowest BCUT2D eigenvalue weighted by atomic mass is 10.4. The summed E-state index contributed by atoms with van der Waals surface area (Å²) < 4.78 is 26.9. The van der Waals surface area contributed by atoms with Crippen molar-refractivity contribution in [3.63, 3.8) is 0 Å². The van der Waals surface area contributed by atoms with Gasteiger partial charge in [-0.3, -0.25) is 0 Å². The highest BCUT2D eigenvalue weighted by molar-refractivity contribution is 7.89. The van der Waals surface area contributed by atoms with E-state index in [9.17, 15) is 8.42 Å². The van der Waals surface area contributed by atoms with Gasteiger partial charge in [-0.25, -0.2) is 8.42 Å². The van der Waals surface area contributed by atoms with Crippen molar-refractivity contribution >= 4 is 50.6 Å². The van der Waals surface area contributed by atoms with E-state index in [1.807, 2.05) is 4.90 Å². The number of benzene rings is 1. The molecule has 1 aliphatic rings. The third-order valence-electron chi connectivity index (χ3n) is 3.57. The molecule has 0 aromatic heterocycles. The van der Waals surface area contributed by atoms with Gasteiger partial charge in [0.15, 0.2) is 5.11 Å². The maximum absolute atomic E-state index is 12.8. The molecule has 1 saturated heterocycles. The largest absolute Gasteiger partial charge is 0.363 e. The van der Waals surface area contributed by atoms with Crippen molar-refractivity contribution in [3.8, 4) is 0 Å². The minimum absolute atomic E-state index is 0.0246.